The molecule has 1 amide bonds. The van der Waals surface area contributed by atoms with Gasteiger partial charge in [-0.15, -0.1) is 0 Å². The summed E-state index contributed by atoms with van der Waals surface area (Å²) in [6.07, 6.45) is 0.562. The van der Waals surface area contributed by atoms with Gasteiger partial charge in [-0.3, -0.25) is 10.2 Å². The number of nitrogens with one attached hydrogen (secondary N) is 2. The van der Waals surface area contributed by atoms with Crippen molar-refractivity contribution in [3.63, 3.8) is 0 Å². The van der Waals surface area contributed by atoms with Crippen LogP contribution in [0.3, 0.4) is 0 Å². The van der Waals surface area contributed by atoms with E-state index >= 15 is 0 Å². The van der Waals surface area contributed by atoms with Crippen LogP contribution in [0.25, 0.3) is 0 Å². The van der Waals surface area contributed by atoms with Gasteiger partial charge in [-0.25, -0.2) is 5.43 Å². The first kappa shape index (κ1) is 5.20. The Balaban J connectivity index is 2.07. The molecule has 2 aliphatic rings. The fourth-order valence-electron chi connectivity index (χ4n) is 1.12. The lowest BCUT2D eigenvalue weighted by Crippen LogP contribution is -2.58. The summed E-state index contributed by atoms with van der Waals surface area (Å²) in [5, 5.41) is 0. The number of hydrogen-bond donors (Lipinski definition) is 2. The Labute approximate surface area is 52.5 Å². The van der Waals surface area contributed by atoms with Crippen LogP contribution in [0.2, 0.25) is 0 Å². The SMILES string of the molecule is O=C1CC2(COC2)NN1. The molecule has 0 bridgehead atoms. The average Bonchev–Trinajstić information content (AvgIpc) is 2.09. The van der Waals surface area contributed by atoms with Crippen LogP contribution in [0.4, 0.5) is 0 Å². The van der Waals surface area contributed by atoms with Gasteiger partial charge < -0.3 is 4.74 Å². The van der Waals surface area contributed by atoms with E-state index in [-0.39, 0.29) is 11.4 Å². The summed E-state index contributed by atoms with van der Waals surface area (Å²) in [4.78, 5) is 10.6. The number of carbonyl (C=O) groups is 1. The molecule has 0 unspecified atom stereocenters. The molecule has 0 saturated carbocycles. The van der Waals surface area contributed by atoms with Crippen LogP contribution in [0.15, 0.2) is 0 Å². The van der Waals surface area contributed by atoms with Gasteiger partial charge in [0.1, 0.15) is 0 Å². The summed E-state index contributed by atoms with van der Waals surface area (Å²) < 4.78 is 4.95. The highest BCUT2D eigenvalue weighted by molar-refractivity contribution is 5.79. The maximum absolute atomic E-state index is 10.6. The molecule has 2 heterocycles. The van der Waals surface area contributed by atoms with Crippen LogP contribution in [0.5, 0.6) is 0 Å². The molecule has 2 fully saturated rings. The summed E-state index contributed by atoms with van der Waals surface area (Å²) in [5.41, 5.74) is 5.39. The number of amides is 1. The molecule has 4 nitrogen and oxygen atoms in total. The van der Waals surface area contributed by atoms with E-state index in [1.54, 1.807) is 0 Å². The van der Waals surface area contributed by atoms with Gasteiger partial charge in [0.05, 0.1) is 25.2 Å². The third-order valence-electron chi connectivity index (χ3n) is 1.72. The lowest BCUT2D eigenvalue weighted by Gasteiger charge is -2.35. The summed E-state index contributed by atoms with van der Waals surface area (Å²) in [6.45, 7) is 1.32. The predicted octanol–water partition coefficient (Wildman–Crippen LogP) is -1.22. The fraction of sp³-hybridized carbons (Fsp3) is 0.800. The first-order chi connectivity index (χ1) is 4.31. The Morgan fingerprint density at radius 1 is 1.56 bits per heavy atom. The minimum Gasteiger partial charge on any atom is -0.377 e. The van der Waals surface area contributed by atoms with E-state index < -0.39 is 0 Å². The number of ether oxygens (including phenoxy) is 1. The Bertz CT molecular complexity index is 153. The zero-order valence-electron chi connectivity index (χ0n) is 4.94. The van der Waals surface area contributed by atoms with Gasteiger partial charge in [-0.2, -0.15) is 0 Å². The third-order valence-corrected chi connectivity index (χ3v) is 1.72. The van der Waals surface area contributed by atoms with Crippen molar-refractivity contribution in [1.82, 2.24) is 10.9 Å². The molecule has 2 rings (SSSR count). The molecule has 9 heavy (non-hydrogen) atoms. The summed E-state index contributed by atoms with van der Waals surface area (Å²) >= 11 is 0. The predicted molar refractivity (Wildman–Crippen MR) is 29.4 cm³/mol. The second kappa shape index (κ2) is 1.46. The molecule has 0 atom stereocenters. The first-order valence-corrected chi connectivity index (χ1v) is 2.95. The van der Waals surface area contributed by atoms with Gasteiger partial charge in [-0.1, -0.05) is 0 Å². The molecule has 0 aliphatic carbocycles. The zero-order valence-corrected chi connectivity index (χ0v) is 4.94. The van der Waals surface area contributed by atoms with E-state index in [1.165, 1.54) is 0 Å². The fourth-order valence-corrected chi connectivity index (χ4v) is 1.12. The van der Waals surface area contributed by atoms with Crippen molar-refractivity contribution in [2.75, 3.05) is 13.2 Å². The monoisotopic (exact) mass is 128 g/mol. The summed E-state index contributed by atoms with van der Waals surface area (Å²) in [5.74, 6) is 0.0679. The van der Waals surface area contributed by atoms with Crippen molar-refractivity contribution in [3.8, 4) is 0 Å². The topological polar surface area (TPSA) is 50.4 Å². The molecule has 2 N–H and O–H groups in total. The summed E-state index contributed by atoms with van der Waals surface area (Å²) in [7, 11) is 0. The maximum Gasteiger partial charge on any atom is 0.236 e. The largest absolute Gasteiger partial charge is 0.377 e. The van der Waals surface area contributed by atoms with Gasteiger partial charge in [-0.05, 0) is 0 Å². The van der Waals surface area contributed by atoms with Crippen LogP contribution in [-0.4, -0.2) is 24.7 Å². The summed E-state index contributed by atoms with van der Waals surface area (Å²) in [6, 6.07) is 0. The van der Waals surface area contributed by atoms with Crippen molar-refractivity contribution >= 4 is 5.91 Å². The van der Waals surface area contributed by atoms with Crippen LogP contribution >= 0.6 is 0 Å². The Hall–Kier alpha value is -0.610. The molecule has 0 aromatic rings. The van der Waals surface area contributed by atoms with Crippen molar-refractivity contribution < 1.29 is 9.53 Å². The molecular weight excluding hydrogens is 120 g/mol. The maximum atomic E-state index is 10.6. The lowest BCUT2D eigenvalue weighted by molar-refractivity contribution is -0.121. The molecule has 50 valence electrons. The molecule has 0 aromatic heterocycles. The molecule has 0 radical (unpaired) electrons. The van der Waals surface area contributed by atoms with E-state index in [0.29, 0.717) is 19.6 Å². The average molecular weight is 128 g/mol. The quantitative estimate of drug-likeness (QED) is 0.430. The van der Waals surface area contributed by atoms with Crippen molar-refractivity contribution in [2.45, 2.75) is 12.0 Å². The third kappa shape index (κ3) is 0.635. The van der Waals surface area contributed by atoms with Gasteiger partial charge in [0, 0.05) is 0 Å². The highest BCUT2D eigenvalue weighted by Crippen LogP contribution is 2.22. The highest BCUT2D eigenvalue weighted by Gasteiger charge is 2.44. The van der Waals surface area contributed by atoms with Gasteiger partial charge in [0.2, 0.25) is 5.91 Å². The highest BCUT2D eigenvalue weighted by atomic mass is 16.5. The van der Waals surface area contributed by atoms with E-state index in [0.717, 1.165) is 0 Å². The number of hydrogen-bond acceptors (Lipinski definition) is 3. The number of carbonyl (C=O) groups excluding carboxylic acids is 1. The Kier molecular flexibility index (Phi) is 0.841. The minimum absolute atomic E-state index is 0.0446. The second-order valence-electron chi connectivity index (χ2n) is 2.62. The van der Waals surface area contributed by atoms with E-state index in [4.69, 9.17) is 4.74 Å². The van der Waals surface area contributed by atoms with Crippen molar-refractivity contribution in [3.05, 3.63) is 0 Å². The normalized spacial score (nSPS) is 30.0. The minimum atomic E-state index is -0.0446. The number of rotatable bonds is 0. The second-order valence-corrected chi connectivity index (χ2v) is 2.62. The first-order valence-electron chi connectivity index (χ1n) is 2.95. The van der Waals surface area contributed by atoms with Gasteiger partial charge >= 0.3 is 0 Å². The van der Waals surface area contributed by atoms with Gasteiger partial charge in [0.25, 0.3) is 0 Å². The molecular formula is C5H8N2O2. The molecule has 0 aromatic carbocycles. The number of hydrazine groups is 1. The zero-order chi connectivity index (χ0) is 6.32. The van der Waals surface area contributed by atoms with Crippen LogP contribution in [0, 0.1) is 0 Å². The molecule has 4 heteroatoms. The Morgan fingerprint density at radius 3 is 2.56 bits per heavy atom. The van der Waals surface area contributed by atoms with E-state index in [9.17, 15) is 4.79 Å². The Morgan fingerprint density at radius 2 is 2.33 bits per heavy atom. The van der Waals surface area contributed by atoms with E-state index in [2.05, 4.69) is 10.9 Å². The van der Waals surface area contributed by atoms with Crippen LogP contribution < -0.4 is 10.9 Å². The standard InChI is InChI=1S/C5H8N2O2/c8-4-1-5(7-6-4)2-9-3-5/h7H,1-3H2,(H,6,8). The molecule has 1 spiro atoms. The van der Waals surface area contributed by atoms with Crippen LogP contribution in [0.1, 0.15) is 6.42 Å². The van der Waals surface area contributed by atoms with E-state index in [1.807, 2.05) is 0 Å². The molecule has 2 aliphatic heterocycles. The van der Waals surface area contributed by atoms with Crippen LogP contribution in [-0.2, 0) is 9.53 Å². The van der Waals surface area contributed by atoms with Crippen molar-refractivity contribution in [2.24, 2.45) is 0 Å². The van der Waals surface area contributed by atoms with Gasteiger partial charge in [0.15, 0.2) is 0 Å². The lowest BCUT2D eigenvalue weighted by atomic mass is 9.96. The van der Waals surface area contributed by atoms with Crippen molar-refractivity contribution in [1.29, 1.82) is 0 Å². The molecule has 2 saturated heterocycles. The smallest absolute Gasteiger partial charge is 0.236 e.